The molecule has 1 N–H and O–H groups in total. The molecule has 29 heavy (non-hydrogen) atoms. The Hall–Kier alpha value is -3.41. The van der Waals surface area contributed by atoms with Crippen LogP contribution in [0.5, 0.6) is 5.75 Å². The Labute approximate surface area is 168 Å². The number of benzene rings is 2. The van der Waals surface area contributed by atoms with Gasteiger partial charge in [-0.05, 0) is 42.8 Å². The van der Waals surface area contributed by atoms with Gasteiger partial charge in [0.2, 0.25) is 0 Å². The van der Waals surface area contributed by atoms with Crippen LogP contribution in [0.1, 0.15) is 48.5 Å². The van der Waals surface area contributed by atoms with Crippen molar-refractivity contribution in [1.82, 2.24) is 0 Å². The summed E-state index contributed by atoms with van der Waals surface area (Å²) in [7, 11) is 0. The number of carbonyl (C=O) groups excluding carboxylic acids is 1. The summed E-state index contributed by atoms with van der Waals surface area (Å²) in [5.74, 6) is -0.547. The van der Waals surface area contributed by atoms with Crippen LogP contribution in [0.3, 0.4) is 0 Å². The zero-order chi connectivity index (χ0) is 20.6. The molecule has 0 fully saturated rings. The fourth-order valence-electron chi connectivity index (χ4n) is 2.86. The minimum Gasteiger partial charge on any atom is -0.506 e. The zero-order valence-electron chi connectivity index (χ0n) is 16.3. The summed E-state index contributed by atoms with van der Waals surface area (Å²) >= 11 is 0. The Kier molecular flexibility index (Phi) is 6.79. The van der Waals surface area contributed by atoms with Crippen molar-refractivity contribution >= 4 is 28.8 Å². The number of para-hydroxylation sites is 1. The van der Waals surface area contributed by atoms with Crippen molar-refractivity contribution in [2.45, 2.75) is 32.6 Å². The standard InChI is InChI=1S/C23H23NO5/c1-2-3-4-7-14-28-22(26)16-10-12-17(13-11-16)24-15-19-21(25)18-8-5-6-9-20(18)29-23(19)27/h5-6,8-13,15,25H,2-4,7,14H2,1H3. The first-order chi connectivity index (χ1) is 14.1. The predicted octanol–water partition coefficient (Wildman–Crippen LogP) is 4.99. The Morgan fingerprint density at radius 3 is 2.62 bits per heavy atom. The highest BCUT2D eigenvalue weighted by molar-refractivity contribution is 5.94. The van der Waals surface area contributed by atoms with E-state index < -0.39 is 5.63 Å². The van der Waals surface area contributed by atoms with Crippen molar-refractivity contribution in [1.29, 1.82) is 0 Å². The summed E-state index contributed by atoms with van der Waals surface area (Å²) in [6.07, 6.45) is 5.44. The first-order valence-electron chi connectivity index (χ1n) is 9.66. The molecule has 0 aliphatic heterocycles. The number of hydrogen-bond donors (Lipinski definition) is 1. The highest BCUT2D eigenvalue weighted by Gasteiger charge is 2.12. The third kappa shape index (κ3) is 5.10. The summed E-state index contributed by atoms with van der Waals surface area (Å²) in [6, 6.07) is 13.2. The van der Waals surface area contributed by atoms with Gasteiger partial charge < -0.3 is 14.3 Å². The number of hydrogen-bond acceptors (Lipinski definition) is 6. The minimum absolute atomic E-state index is 0.0285. The van der Waals surface area contributed by atoms with Crippen molar-refractivity contribution in [2.75, 3.05) is 6.61 Å². The second-order valence-electron chi connectivity index (χ2n) is 6.65. The van der Waals surface area contributed by atoms with Gasteiger partial charge in [-0.3, -0.25) is 4.99 Å². The highest BCUT2D eigenvalue weighted by Crippen LogP contribution is 2.25. The molecule has 0 bridgehead atoms. The van der Waals surface area contributed by atoms with Crippen LogP contribution >= 0.6 is 0 Å². The predicted molar refractivity (Wildman–Crippen MR) is 112 cm³/mol. The van der Waals surface area contributed by atoms with Crippen LogP contribution in [0.2, 0.25) is 0 Å². The molecular weight excluding hydrogens is 370 g/mol. The molecule has 0 saturated carbocycles. The number of rotatable bonds is 8. The normalized spacial score (nSPS) is 11.2. The average Bonchev–Trinajstić information content (AvgIpc) is 2.73. The van der Waals surface area contributed by atoms with Crippen LogP contribution in [0.25, 0.3) is 11.0 Å². The summed E-state index contributed by atoms with van der Waals surface area (Å²) in [4.78, 5) is 28.3. The molecule has 1 heterocycles. The van der Waals surface area contributed by atoms with Crippen molar-refractivity contribution < 1.29 is 19.1 Å². The fourth-order valence-corrected chi connectivity index (χ4v) is 2.86. The Morgan fingerprint density at radius 2 is 1.86 bits per heavy atom. The van der Waals surface area contributed by atoms with E-state index in [0.29, 0.717) is 28.8 Å². The molecule has 0 aliphatic carbocycles. The van der Waals surface area contributed by atoms with E-state index in [-0.39, 0.29) is 17.3 Å². The van der Waals surface area contributed by atoms with Crippen molar-refractivity contribution in [3.63, 3.8) is 0 Å². The summed E-state index contributed by atoms with van der Waals surface area (Å²) in [5.41, 5.74) is 0.571. The van der Waals surface area contributed by atoms with E-state index in [0.717, 1.165) is 25.7 Å². The van der Waals surface area contributed by atoms with Crippen molar-refractivity contribution in [2.24, 2.45) is 4.99 Å². The second-order valence-corrected chi connectivity index (χ2v) is 6.65. The molecule has 0 spiro atoms. The highest BCUT2D eigenvalue weighted by atomic mass is 16.5. The third-order valence-corrected chi connectivity index (χ3v) is 4.50. The van der Waals surface area contributed by atoms with Crippen molar-refractivity contribution in [3.05, 3.63) is 70.1 Å². The molecule has 0 aliphatic rings. The van der Waals surface area contributed by atoms with Gasteiger partial charge in [0.1, 0.15) is 16.9 Å². The van der Waals surface area contributed by atoms with Gasteiger partial charge in [-0.1, -0.05) is 38.3 Å². The molecule has 0 unspecified atom stereocenters. The fraction of sp³-hybridized carbons (Fsp3) is 0.261. The molecule has 6 heteroatoms. The van der Waals surface area contributed by atoms with E-state index in [2.05, 4.69) is 11.9 Å². The molecule has 0 atom stereocenters. The van der Waals surface area contributed by atoms with Gasteiger partial charge >= 0.3 is 11.6 Å². The Bertz CT molecular complexity index is 1070. The van der Waals surface area contributed by atoms with Gasteiger partial charge in [0.05, 0.1) is 23.2 Å². The van der Waals surface area contributed by atoms with Crippen LogP contribution in [0.15, 0.2) is 62.7 Å². The van der Waals surface area contributed by atoms with Gasteiger partial charge in [0.15, 0.2) is 0 Å². The lowest BCUT2D eigenvalue weighted by atomic mass is 10.1. The SMILES string of the molecule is CCCCCCOC(=O)c1ccc(N=Cc2c(O)c3ccccc3oc2=O)cc1. The number of carbonyl (C=O) groups is 1. The largest absolute Gasteiger partial charge is 0.506 e. The molecule has 1 aromatic heterocycles. The molecule has 6 nitrogen and oxygen atoms in total. The molecular formula is C23H23NO5. The number of unbranched alkanes of at least 4 members (excludes halogenated alkanes) is 3. The summed E-state index contributed by atoms with van der Waals surface area (Å²) in [5, 5.41) is 10.8. The number of nitrogens with zero attached hydrogens (tertiary/aromatic N) is 1. The minimum atomic E-state index is -0.673. The quantitative estimate of drug-likeness (QED) is 0.252. The van der Waals surface area contributed by atoms with Gasteiger partial charge in [0.25, 0.3) is 0 Å². The van der Waals surface area contributed by atoms with Crippen LogP contribution in [-0.2, 0) is 4.74 Å². The van der Waals surface area contributed by atoms with E-state index in [1.165, 1.54) is 6.21 Å². The summed E-state index contributed by atoms with van der Waals surface area (Å²) < 4.78 is 10.5. The molecule has 2 aromatic carbocycles. The average molecular weight is 393 g/mol. The first-order valence-corrected chi connectivity index (χ1v) is 9.66. The lowest BCUT2D eigenvalue weighted by molar-refractivity contribution is 0.0498. The first kappa shape index (κ1) is 20.3. The summed E-state index contributed by atoms with van der Waals surface area (Å²) in [6.45, 7) is 2.54. The van der Waals surface area contributed by atoms with Crippen LogP contribution in [-0.4, -0.2) is 23.9 Å². The van der Waals surface area contributed by atoms with E-state index in [9.17, 15) is 14.7 Å². The smallest absolute Gasteiger partial charge is 0.348 e. The van der Waals surface area contributed by atoms with Gasteiger partial charge in [-0.25, -0.2) is 9.59 Å². The lowest BCUT2D eigenvalue weighted by Gasteiger charge is -2.05. The van der Waals surface area contributed by atoms with Crippen LogP contribution < -0.4 is 5.63 Å². The molecule has 3 rings (SSSR count). The van der Waals surface area contributed by atoms with Crippen LogP contribution in [0, 0.1) is 0 Å². The van der Waals surface area contributed by atoms with E-state index in [4.69, 9.17) is 9.15 Å². The van der Waals surface area contributed by atoms with Gasteiger partial charge in [-0.15, -0.1) is 0 Å². The maximum absolute atomic E-state index is 12.1. The molecule has 0 amide bonds. The molecule has 150 valence electrons. The Morgan fingerprint density at radius 1 is 1.10 bits per heavy atom. The topological polar surface area (TPSA) is 89.1 Å². The number of aromatic hydroxyl groups is 1. The van der Waals surface area contributed by atoms with Crippen LogP contribution in [0.4, 0.5) is 5.69 Å². The number of ether oxygens (including phenoxy) is 1. The van der Waals surface area contributed by atoms with Gasteiger partial charge in [0, 0.05) is 6.21 Å². The molecule has 0 radical (unpaired) electrons. The molecule has 0 saturated heterocycles. The number of aliphatic imine (C=N–C) groups is 1. The zero-order valence-corrected chi connectivity index (χ0v) is 16.3. The van der Waals surface area contributed by atoms with Crippen molar-refractivity contribution in [3.8, 4) is 5.75 Å². The number of fused-ring (bicyclic) bond motifs is 1. The maximum Gasteiger partial charge on any atom is 0.348 e. The second kappa shape index (κ2) is 9.68. The monoisotopic (exact) mass is 393 g/mol. The maximum atomic E-state index is 12.1. The Balaban J connectivity index is 1.68. The van der Waals surface area contributed by atoms with E-state index >= 15 is 0 Å². The number of esters is 1. The van der Waals surface area contributed by atoms with E-state index in [1.54, 1.807) is 48.5 Å². The molecule has 3 aromatic rings. The van der Waals surface area contributed by atoms with E-state index in [1.807, 2.05) is 0 Å². The third-order valence-electron chi connectivity index (χ3n) is 4.50. The lowest BCUT2D eigenvalue weighted by Crippen LogP contribution is -2.07. The van der Waals surface area contributed by atoms with Gasteiger partial charge in [-0.2, -0.15) is 0 Å².